The molecule has 0 amide bonds. The number of hydrogen-bond acceptors (Lipinski definition) is 2. The van der Waals surface area contributed by atoms with Crippen LogP contribution in [0.3, 0.4) is 0 Å². The number of fused-ring (bicyclic) bond motifs is 1. The summed E-state index contributed by atoms with van der Waals surface area (Å²) >= 11 is 0. The number of carboxylic acids is 1. The molecule has 0 aliphatic carbocycles. The molecule has 1 N–H and O–H groups in total. The van der Waals surface area contributed by atoms with Gasteiger partial charge in [0.2, 0.25) is 0 Å². The van der Waals surface area contributed by atoms with Gasteiger partial charge in [0.15, 0.2) is 0 Å². The van der Waals surface area contributed by atoms with E-state index in [2.05, 4.69) is 5.10 Å². The number of carboxylic acid groups (broad SMARTS) is 1. The number of aryl methyl sites for hydroxylation is 2. The Morgan fingerprint density at radius 3 is 2.81 bits per heavy atom. The SMILES string of the molecule is Cc1cccc2c(C(C)C(=O)O)nn(C)c12. The predicted octanol–water partition coefficient (Wildman–Crippen LogP) is 2.07. The molecular weight excluding hydrogens is 204 g/mol. The molecule has 0 aliphatic rings. The van der Waals surface area contributed by atoms with Gasteiger partial charge in [0.1, 0.15) is 0 Å². The van der Waals surface area contributed by atoms with Gasteiger partial charge < -0.3 is 5.11 Å². The lowest BCUT2D eigenvalue weighted by atomic mass is 10.0. The Morgan fingerprint density at radius 1 is 1.50 bits per heavy atom. The first kappa shape index (κ1) is 10.7. The second-order valence-corrected chi connectivity index (χ2v) is 4.04. The van der Waals surface area contributed by atoms with E-state index in [0.717, 1.165) is 16.5 Å². The molecule has 4 nitrogen and oxygen atoms in total. The van der Waals surface area contributed by atoms with Gasteiger partial charge in [-0.2, -0.15) is 5.10 Å². The van der Waals surface area contributed by atoms with Crippen LogP contribution in [0, 0.1) is 6.92 Å². The van der Waals surface area contributed by atoms with Crippen LogP contribution in [-0.4, -0.2) is 20.9 Å². The van der Waals surface area contributed by atoms with E-state index in [4.69, 9.17) is 5.11 Å². The maximum Gasteiger partial charge on any atom is 0.312 e. The molecule has 1 unspecified atom stereocenters. The molecular formula is C12H14N2O2. The number of nitrogens with zero attached hydrogens (tertiary/aromatic N) is 2. The summed E-state index contributed by atoms with van der Waals surface area (Å²) in [4.78, 5) is 11.0. The minimum Gasteiger partial charge on any atom is -0.481 e. The topological polar surface area (TPSA) is 55.1 Å². The Bertz CT molecular complexity index is 557. The molecule has 1 heterocycles. The van der Waals surface area contributed by atoms with Gasteiger partial charge in [-0.25, -0.2) is 0 Å². The zero-order valence-electron chi connectivity index (χ0n) is 9.56. The van der Waals surface area contributed by atoms with Crippen LogP contribution in [0.5, 0.6) is 0 Å². The summed E-state index contributed by atoms with van der Waals surface area (Å²) in [5.74, 6) is -1.42. The van der Waals surface area contributed by atoms with Gasteiger partial charge in [0.05, 0.1) is 17.1 Å². The van der Waals surface area contributed by atoms with Crippen LogP contribution in [0.1, 0.15) is 24.1 Å². The first-order valence-electron chi connectivity index (χ1n) is 5.17. The molecule has 4 heteroatoms. The molecule has 0 saturated heterocycles. The van der Waals surface area contributed by atoms with Gasteiger partial charge >= 0.3 is 5.97 Å². The average Bonchev–Trinajstić information content (AvgIpc) is 2.56. The van der Waals surface area contributed by atoms with Gasteiger partial charge in [-0.3, -0.25) is 9.48 Å². The fourth-order valence-corrected chi connectivity index (χ4v) is 2.00. The number of aromatic nitrogens is 2. The predicted molar refractivity (Wildman–Crippen MR) is 61.5 cm³/mol. The standard InChI is InChI=1S/C12H14N2O2/c1-7-5-4-6-9-10(8(2)12(15)16)13-14(3)11(7)9/h4-6,8H,1-3H3,(H,15,16). The third-order valence-electron chi connectivity index (χ3n) is 2.88. The van der Waals surface area contributed by atoms with E-state index in [1.165, 1.54) is 0 Å². The summed E-state index contributed by atoms with van der Waals surface area (Å²) in [6, 6.07) is 5.85. The van der Waals surface area contributed by atoms with Crippen LogP contribution >= 0.6 is 0 Å². The van der Waals surface area contributed by atoms with Crippen molar-refractivity contribution in [2.45, 2.75) is 19.8 Å². The quantitative estimate of drug-likeness (QED) is 0.839. The number of benzene rings is 1. The van der Waals surface area contributed by atoms with Crippen molar-refractivity contribution in [3.8, 4) is 0 Å². The molecule has 1 aromatic heterocycles. The number of hydrogen-bond donors (Lipinski definition) is 1. The maximum absolute atomic E-state index is 11.0. The zero-order valence-corrected chi connectivity index (χ0v) is 9.56. The highest BCUT2D eigenvalue weighted by Crippen LogP contribution is 2.26. The normalized spacial score (nSPS) is 12.9. The maximum atomic E-state index is 11.0. The first-order chi connectivity index (χ1) is 7.52. The van der Waals surface area contributed by atoms with Crippen molar-refractivity contribution >= 4 is 16.9 Å². The Balaban J connectivity index is 2.73. The van der Waals surface area contributed by atoms with Crippen LogP contribution in [0.4, 0.5) is 0 Å². The molecule has 0 bridgehead atoms. The van der Waals surface area contributed by atoms with Crippen molar-refractivity contribution in [3.05, 3.63) is 29.5 Å². The van der Waals surface area contributed by atoms with Crippen molar-refractivity contribution in [1.82, 2.24) is 9.78 Å². The van der Waals surface area contributed by atoms with E-state index in [9.17, 15) is 4.79 Å². The zero-order chi connectivity index (χ0) is 11.9. The largest absolute Gasteiger partial charge is 0.481 e. The fourth-order valence-electron chi connectivity index (χ4n) is 2.00. The monoisotopic (exact) mass is 218 g/mol. The Hall–Kier alpha value is -1.84. The molecule has 0 saturated carbocycles. The van der Waals surface area contributed by atoms with Gasteiger partial charge in [0, 0.05) is 12.4 Å². The molecule has 0 aliphatic heterocycles. The fraction of sp³-hybridized carbons (Fsp3) is 0.333. The summed E-state index contributed by atoms with van der Waals surface area (Å²) < 4.78 is 1.75. The highest BCUT2D eigenvalue weighted by Gasteiger charge is 2.21. The number of rotatable bonds is 2. The van der Waals surface area contributed by atoms with Gasteiger partial charge in [-0.15, -0.1) is 0 Å². The van der Waals surface area contributed by atoms with Crippen LogP contribution in [-0.2, 0) is 11.8 Å². The summed E-state index contributed by atoms with van der Waals surface area (Å²) in [5, 5.41) is 14.3. The third kappa shape index (κ3) is 1.46. The minimum atomic E-state index is -0.846. The van der Waals surface area contributed by atoms with Crippen LogP contribution < -0.4 is 0 Å². The molecule has 0 fully saturated rings. The third-order valence-corrected chi connectivity index (χ3v) is 2.88. The lowest BCUT2D eigenvalue weighted by Gasteiger charge is -2.02. The van der Waals surface area contributed by atoms with E-state index in [0.29, 0.717) is 5.69 Å². The van der Waals surface area contributed by atoms with Crippen LogP contribution in [0.25, 0.3) is 10.9 Å². The van der Waals surface area contributed by atoms with Crippen molar-refractivity contribution in [3.63, 3.8) is 0 Å². The van der Waals surface area contributed by atoms with Crippen LogP contribution in [0.2, 0.25) is 0 Å². The first-order valence-corrected chi connectivity index (χ1v) is 5.17. The molecule has 1 aromatic carbocycles. The molecule has 2 rings (SSSR count). The lowest BCUT2D eigenvalue weighted by molar-refractivity contribution is -0.138. The van der Waals surface area contributed by atoms with Crippen molar-refractivity contribution in [2.24, 2.45) is 7.05 Å². The lowest BCUT2D eigenvalue weighted by Crippen LogP contribution is -2.08. The molecule has 0 spiro atoms. The van der Waals surface area contributed by atoms with Crippen molar-refractivity contribution in [2.75, 3.05) is 0 Å². The Labute approximate surface area is 93.5 Å². The molecule has 0 radical (unpaired) electrons. The summed E-state index contributed by atoms with van der Waals surface area (Å²) in [5.41, 5.74) is 2.75. The van der Waals surface area contributed by atoms with E-state index in [1.807, 2.05) is 32.2 Å². The van der Waals surface area contributed by atoms with Crippen LogP contribution in [0.15, 0.2) is 18.2 Å². The highest BCUT2D eigenvalue weighted by atomic mass is 16.4. The second-order valence-electron chi connectivity index (χ2n) is 4.04. The molecule has 84 valence electrons. The summed E-state index contributed by atoms with van der Waals surface area (Å²) in [6.45, 7) is 3.66. The van der Waals surface area contributed by atoms with Crippen molar-refractivity contribution < 1.29 is 9.90 Å². The Morgan fingerprint density at radius 2 is 2.19 bits per heavy atom. The summed E-state index contributed by atoms with van der Waals surface area (Å²) in [6.07, 6.45) is 0. The van der Waals surface area contributed by atoms with Gasteiger partial charge in [-0.1, -0.05) is 18.2 Å². The molecule has 16 heavy (non-hydrogen) atoms. The highest BCUT2D eigenvalue weighted by molar-refractivity contribution is 5.89. The van der Waals surface area contributed by atoms with E-state index in [1.54, 1.807) is 11.6 Å². The van der Waals surface area contributed by atoms with E-state index in [-0.39, 0.29) is 0 Å². The van der Waals surface area contributed by atoms with Gasteiger partial charge in [0.25, 0.3) is 0 Å². The number of carbonyl (C=O) groups is 1. The number of aliphatic carboxylic acids is 1. The smallest absolute Gasteiger partial charge is 0.312 e. The second kappa shape index (κ2) is 3.63. The van der Waals surface area contributed by atoms with E-state index >= 15 is 0 Å². The summed E-state index contributed by atoms with van der Waals surface area (Å²) in [7, 11) is 1.84. The average molecular weight is 218 g/mol. The Kier molecular flexibility index (Phi) is 2.42. The van der Waals surface area contributed by atoms with E-state index < -0.39 is 11.9 Å². The van der Waals surface area contributed by atoms with Crippen molar-refractivity contribution in [1.29, 1.82) is 0 Å². The van der Waals surface area contributed by atoms with Gasteiger partial charge in [-0.05, 0) is 19.4 Å². The number of para-hydroxylation sites is 1. The molecule has 1 atom stereocenters. The molecule has 2 aromatic rings. The minimum absolute atomic E-state index is 0.578.